The highest BCUT2D eigenvalue weighted by atomic mass is 19.1. The minimum atomic E-state index is -0.272. The maximum atomic E-state index is 12.8. The Kier molecular flexibility index (Phi) is 4.20. The first-order valence-electron chi connectivity index (χ1n) is 6.57. The Balaban J connectivity index is 1.80. The number of nitrogens with zero attached hydrogens (tertiary/aromatic N) is 1. The summed E-state index contributed by atoms with van der Waals surface area (Å²) >= 11 is 0. The quantitative estimate of drug-likeness (QED) is 0.739. The Hall–Kier alpha value is -1.42. The van der Waals surface area contributed by atoms with E-state index in [0.717, 1.165) is 37.9 Å². The summed E-state index contributed by atoms with van der Waals surface area (Å²) in [4.78, 5) is 13.8. The normalized spacial score (nSPS) is 16.4. The van der Waals surface area contributed by atoms with Crippen molar-refractivity contribution >= 4 is 5.97 Å². The zero-order valence-electron chi connectivity index (χ0n) is 11.5. The van der Waals surface area contributed by atoms with E-state index in [2.05, 4.69) is 4.90 Å². The second-order valence-electron chi connectivity index (χ2n) is 5.39. The van der Waals surface area contributed by atoms with Gasteiger partial charge in [0.2, 0.25) is 0 Å². The molecular weight excluding hydrogens is 245 g/mol. The SMILES string of the molecule is COC(=O)C1(CN(C)CCc2ccc(F)cc2)CC1. The summed E-state index contributed by atoms with van der Waals surface area (Å²) in [6, 6.07) is 6.56. The average molecular weight is 265 g/mol. The molecule has 1 aromatic rings. The minimum absolute atomic E-state index is 0.0962. The molecule has 1 aliphatic rings. The van der Waals surface area contributed by atoms with Crippen LogP contribution in [0.3, 0.4) is 0 Å². The molecule has 0 unspecified atom stereocenters. The van der Waals surface area contributed by atoms with Crippen LogP contribution in [0.1, 0.15) is 18.4 Å². The number of likely N-dealkylation sites (N-methyl/N-ethyl adjacent to an activating group) is 1. The molecule has 0 aliphatic heterocycles. The number of hydrogen-bond donors (Lipinski definition) is 0. The van der Waals surface area contributed by atoms with E-state index in [1.807, 2.05) is 7.05 Å². The number of esters is 1. The van der Waals surface area contributed by atoms with E-state index in [4.69, 9.17) is 4.74 Å². The maximum absolute atomic E-state index is 12.8. The van der Waals surface area contributed by atoms with Crippen LogP contribution in [-0.4, -0.2) is 38.1 Å². The fraction of sp³-hybridized carbons (Fsp3) is 0.533. The lowest BCUT2D eigenvalue weighted by Crippen LogP contribution is -2.33. The summed E-state index contributed by atoms with van der Waals surface area (Å²) in [6.07, 6.45) is 2.69. The van der Waals surface area contributed by atoms with Crippen molar-refractivity contribution in [2.24, 2.45) is 5.41 Å². The van der Waals surface area contributed by atoms with E-state index >= 15 is 0 Å². The Labute approximate surface area is 113 Å². The van der Waals surface area contributed by atoms with Crippen molar-refractivity contribution in [3.05, 3.63) is 35.6 Å². The van der Waals surface area contributed by atoms with E-state index in [0.29, 0.717) is 0 Å². The van der Waals surface area contributed by atoms with E-state index < -0.39 is 0 Å². The Morgan fingerprint density at radius 3 is 2.53 bits per heavy atom. The van der Waals surface area contributed by atoms with Gasteiger partial charge in [0.05, 0.1) is 12.5 Å². The molecule has 3 nitrogen and oxygen atoms in total. The van der Waals surface area contributed by atoms with E-state index in [1.54, 1.807) is 12.1 Å². The number of carbonyl (C=O) groups is 1. The van der Waals surface area contributed by atoms with Crippen LogP contribution >= 0.6 is 0 Å². The predicted octanol–water partition coefficient (Wildman–Crippen LogP) is 2.25. The molecule has 2 rings (SSSR count). The molecule has 1 aromatic carbocycles. The molecular formula is C15H20FNO2. The summed E-state index contributed by atoms with van der Waals surface area (Å²) in [5.41, 5.74) is 0.836. The number of hydrogen-bond acceptors (Lipinski definition) is 3. The second-order valence-corrected chi connectivity index (χ2v) is 5.39. The maximum Gasteiger partial charge on any atom is 0.313 e. The van der Waals surface area contributed by atoms with Crippen LogP contribution in [0.4, 0.5) is 4.39 Å². The fourth-order valence-electron chi connectivity index (χ4n) is 2.36. The van der Waals surface area contributed by atoms with Crippen LogP contribution in [0.15, 0.2) is 24.3 Å². The number of rotatable bonds is 6. The van der Waals surface area contributed by atoms with E-state index in [9.17, 15) is 9.18 Å². The Morgan fingerprint density at radius 2 is 2.00 bits per heavy atom. The molecule has 0 N–H and O–H groups in total. The standard InChI is InChI=1S/C15H20FNO2/c1-17(11-15(8-9-15)14(18)19-2)10-7-12-3-5-13(16)6-4-12/h3-6H,7-11H2,1-2H3. The largest absolute Gasteiger partial charge is 0.469 e. The molecule has 1 fully saturated rings. The molecule has 0 bridgehead atoms. The Morgan fingerprint density at radius 1 is 1.37 bits per heavy atom. The van der Waals surface area contributed by atoms with Crippen LogP contribution < -0.4 is 0 Å². The predicted molar refractivity (Wildman–Crippen MR) is 71.3 cm³/mol. The molecule has 4 heteroatoms. The topological polar surface area (TPSA) is 29.5 Å². The van der Waals surface area contributed by atoms with Gasteiger partial charge in [-0.05, 0) is 44.0 Å². The van der Waals surface area contributed by atoms with Crippen LogP contribution in [0.5, 0.6) is 0 Å². The number of methoxy groups -OCH3 is 1. The molecule has 19 heavy (non-hydrogen) atoms. The van der Waals surface area contributed by atoms with Gasteiger partial charge in [0.1, 0.15) is 5.82 Å². The number of ether oxygens (including phenoxy) is 1. The zero-order valence-corrected chi connectivity index (χ0v) is 11.5. The van der Waals surface area contributed by atoms with Gasteiger partial charge in [-0.2, -0.15) is 0 Å². The lowest BCUT2D eigenvalue weighted by molar-refractivity contribution is -0.147. The summed E-state index contributed by atoms with van der Waals surface area (Å²) < 4.78 is 17.6. The van der Waals surface area contributed by atoms with Crippen molar-refractivity contribution in [3.63, 3.8) is 0 Å². The van der Waals surface area contributed by atoms with Gasteiger partial charge in [0.15, 0.2) is 0 Å². The lowest BCUT2D eigenvalue weighted by Gasteiger charge is -2.21. The fourth-order valence-corrected chi connectivity index (χ4v) is 2.36. The molecule has 0 atom stereocenters. The molecule has 0 saturated heterocycles. The van der Waals surface area contributed by atoms with Crippen molar-refractivity contribution in [1.29, 1.82) is 0 Å². The first-order chi connectivity index (χ1) is 9.05. The number of benzene rings is 1. The molecule has 0 heterocycles. The van der Waals surface area contributed by atoms with Crippen LogP contribution in [0.25, 0.3) is 0 Å². The van der Waals surface area contributed by atoms with Gasteiger partial charge >= 0.3 is 5.97 Å². The Bertz CT molecular complexity index is 440. The molecule has 0 amide bonds. The average Bonchev–Trinajstić information content (AvgIpc) is 3.18. The van der Waals surface area contributed by atoms with Gasteiger partial charge in [-0.15, -0.1) is 0 Å². The summed E-state index contributed by atoms with van der Waals surface area (Å²) in [6.45, 7) is 1.59. The summed E-state index contributed by atoms with van der Waals surface area (Å²) in [5.74, 6) is -0.305. The van der Waals surface area contributed by atoms with E-state index in [1.165, 1.54) is 19.2 Å². The minimum Gasteiger partial charge on any atom is -0.469 e. The van der Waals surface area contributed by atoms with Crippen LogP contribution in [0, 0.1) is 11.2 Å². The van der Waals surface area contributed by atoms with Crippen molar-refractivity contribution in [3.8, 4) is 0 Å². The van der Waals surface area contributed by atoms with Gasteiger partial charge < -0.3 is 9.64 Å². The highest BCUT2D eigenvalue weighted by molar-refractivity contribution is 5.80. The molecule has 104 valence electrons. The van der Waals surface area contributed by atoms with Crippen LogP contribution in [0.2, 0.25) is 0 Å². The molecule has 1 aliphatic carbocycles. The van der Waals surface area contributed by atoms with Gasteiger partial charge in [-0.3, -0.25) is 4.79 Å². The monoisotopic (exact) mass is 265 g/mol. The highest BCUT2D eigenvalue weighted by Crippen LogP contribution is 2.47. The highest BCUT2D eigenvalue weighted by Gasteiger charge is 2.51. The smallest absolute Gasteiger partial charge is 0.313 e. The van der Waals surface area contributed by atoms with Crippen LogP contribution in [-0.2, 0) is 16.0 Å². The lowest BCUT2D eigenvalue weighted by atomic mass is 10.1. The van der Waals surface area contributed by atoms with Gasteiger partial charge in [-0.25, -0.2) is 4.39 Å². The molecule has 0 spiro atoms. The van der Waals surface area contributed by atoms with Crippen molar-refractivity contribution in [2.75, 3.05) is 27.2 Å². The summed E-state index contributed by atoms with van der Waals surface area (Å²) in [5, 5.41) is 0. The first kappa shape index (κ1) is 14.0. The molecule has 1 saturated carbocycles. The first-order valence-corrected chi connectivity index (χ1v) is 6.57. The van der Waals surface area contributed by atoms with Gasteiger partial charge in [0, 0.05) is 13.1 Å². The van der Waals surface area contributed by atoms with Crippen molar-refractivity contribution < 1.29 is 13.9 Å². The van der Waals surface area contributed by atoms with Gasteiger partial charge in [-0.1, -0.05) is 12.1 Å². The molecule has 0 radical (unpaired) electrons. The third-order valence-electron chi connectivity index (χ3n) is 3.74. The van der Waals surface area contributed by atoms with Crippen molar-refractivity contribution in [2.45, 2.75) is 19.3 Å². The third kappa shape index (κ3) is 3.53. The number of carbonyl (C=O) groups excluding carboxylic acids is 1. The summed E-state index contributed by atoms with van der Waals surface area (Å²) in [7, 11) is 3.45. The zero-order chi connectivity index (χ0) is 13.9. The third-order valence-corrected chi connectivity index (χ3v) is 3.74. The van der Waals surface area contributed by atoms with E-state index in [-0.39, 0.29) is 17.2 Å². The van der Waals surface area contributed by atoms with Crippen molar-refractivity contribution in [1.82, 2.24) is 4.90 Å². The second kappa shape index (κ2) is 5.70. The van der Waals surface area contributed by atoms with Gasteiger partial charge in [0.25, 0.3) is 0 Å². The number of halogens is 1. The molecule has 0 aromatic heterocycles.